The molecule has 0 amide bonds. The first-order valence-electron chi connectivity index (χ1n) is 2.46. The van der Waals surface area contributed by atoms with Crippen LogP contribution in [-0.4, -0.2) is 16.5 Å². The highest BCUT2D eigenvalue weighted by Crippen LogP contribution is 2.08. The second kappa shape index (κ2) is 2.68. The maximum absolute atomic E-state index is 5.30. The summed E-state index contributed by atoms with van der Waals surface area (Å²) in [6.45, 7) is 0. The maximum Gasteiger partial charge on any atom is 0.146 e. The van der Waals surface area contributed by atoms with E-state index in [2.05, 4.69) is 10.2 Å². The van der Waals surface area contributed by atoms with E-state index in [0.29, 0.717) is 5.82 Å². The van der Waals surface area contributed by atoms with Crippen LogP contribution in [0.3, 0.4) is 0 Å². The van der Waals surface area contributed by atoms with Crippen molar-refractivity contribution in [1.82, 2.24) is 10.2 Å². The number of thioether (sulfide) groups is 1. The van der Waals surface area contributed by atoms with Crippen LogP contribution >= 0.6 is 11.8 Å². The number of anilines is 1. The van der Waals surface area contributed by atoms with E-state index >= 15 is 0 Å². The Morgan fingerprint density at radius 3 is 2.67 bits per heavy atom. The van der Waals surface area contributed by atoms with E-state index in [4.69, 9.17) is 5.73 Å². The third kappa shape index (κ3) is 1.57. The highest BCUT2D eigenvalue weighted by molar-refractivity contribution is 7.98. The molecule has 0 atom stereocenters. The Balaban J connectivity index is 2.88. The van der Waals surface area contributed by atoms with E-state index in [1.807, 2.05) is 12.3 Å². The van der Waals surface area contributed by atoms with Gasteiger partial charge in [0, 0.05) is 0 Å². The van der Waals surface area contributed by atoms with Crippen molar-refractivity contribution in [3.63, 3.8) is 0 Å². The molecule has 48 valence electrons. The smallest absolute Gasteiger partial charge is 0.146 e. The number of nitrogens with zero attached hydrogens (tertiary/aromatic N) is 2. The summed E-state index contributed by atoms with van der Waals surface area (Å²) >= 11 is 1.55. The van der Waals surface area contributed by atoms with Gasteiger partial charge in [0.05, 0.1) is 0 Å². The van der Waals surface area contributed by atoms with Crippen LogP contribution in [0.4, 0.5) is 5.82 Å². The Kier molecular flexibility index (Phi) is 1.89. The summed E-state index contributed by atoms with van der Waals surface area (Å²) in [4.78, 5) is 0. The van der Waals surface area contributed by atoms with Crippen molar-refractivity contribution in [2.45, 2.75) is 5.03 Å². The van der Waals surface area contributed by atoms with Crippen LogP contribution in [0.15, 0.2) is 17.2 Å². The van der Waals surface area contributed by atoms with E-state index in [1.165, 1.54) is 0 Å². The number of rotatable bonds is 1. The Bertz CT molecular complexity index is 184. The summed E-state index contributed by atoms with van der Waals surface area (Å²) in [6.07, 6.45) is 1.94. The van der Waals surface area contributed by atoms with Crippen LogP contribution in [0.2, 0.25) is 0 Å². The second-order valence-corrected chi connectivity index (χ2v) is 2.33. The first kappa shape index (κ1) is 6.35. The molecule has 2 N–H and O–H groups in total. The molecule has 0 aliphatic carbocycles. The van der Waals surface area contributed by atoms with Crippen LogP contribution in [0.5, 0.6) is 0 Å². The van der Waals surface area contributed by atoms with Gasteiger partial charge >= 0.3 is 0 Å². The quantitative estimate of drug-likeness (QED) is 0.587. The molecule has 0 aromatic carbocycles. The lowest BCUT2D eigenvalue weighted by molar-refractivity contribution is 0.941. The molecule has 0 bridgehead atoms. The highest BCUT2D eigenvalue weighted by Gasteiger charge is 1.89. The van der Waals surface area contributed by atoms with Crippen LogP contribution in [0.1, 0.15) is 0 Å². The van der Waals surface area contributed by atoms with Crippen molar-refractivity contribution in [3.8, 4) is 0 Å². The average molecular weight is 141 g/mol. The molecule has 0 aliphatic rings. The number of nitrogen functional groups attached to an aromatic ring is 1. The van der Waals surface area contributed by atoms with Gasteiger partial charge in [0.2, 0.25) is 0 Å². The molecule has 0 saturated heterocycles. The summed E-state index contributed by atoms with van der Waals surface area (Å²) in [5, 5.41) is 8.33. The topological polar surface area (TPSA) is 51.8 Å². The molecule has 0 aliphatic heterocycles. The lowest BCUT2D eigenvalue weighted by Crippen LogP contribution is -1.91. The van der Waals surface area contributed by atoms with E-state index in [9.17, 15) is 0 Å². The van der Waals surface area contributed by atoms with Crippen LogP contribution in [0, 0.1) is 0 Å². The molecular weight excluding hydrogens is 134 g/mol. The van der Waals surface area contributed by atoms with Crippen LogP contribution in [0.25, 0.3) is 0 Å². The van der Waals surface area contributed by atoms with Gasteiger partial charge in [-0.15, -0.1) is 22.0 Å². The lowest BCUT2D eigenvalue weighted by Gasteiger charge is -1.91. The Morgan fingerprint density at radius 2 is 2.22 bits per heavy atom. The predicted molar refractivity (Wildman–Crippen MR) is 38.2 cm³/mol. The Labute approximate surface area is 57.7 Å². The summed E-state index contributed by atoms with van der Waals surface area (Å²) in [5.41, 5.74) is 5.30. The molecule has 3 nitrogen and oxygen atoms in total. The highest BCUT2D eigenvalue weighted by atomic mass is 32.2. The molecule has 9 heavy (non-hydrogen) atoms. The molecule has 1 aromatic rings. The van der Waals surface area contributed by atoms with Crippen molar-refractivity contribution in [3.05, 3.63) is 12.1 Å². The SMILES string of the molecule is CSc1ccc(N)nn1. The van der Waals surface area contributed by atoms with Crippen molar-refractivity contribution in [2.75, 3.05) is 12.0 Å². The van der Waals surface area contributed by atoms with E-state index in [1.54, 1.807) is 17.8 Å². The zero-order chi connectivity index (χ0) is 6.69. The van der Waals surface area contributed by atoms with Gasteiger partial charge in [0.1, 0.15) is 10.8 Å². The summed E-state index contributed by atoms with van der Waals surface area (Å²) < 4.78 is 0. The Hall–Kier alpha value is -0.770. The molecule has 1 rings (SSSR count). The molecule has 0 unspecified atom stereocenters. The fourth-order valence-electron chi connectivity index (χ4n) is 0.439. The molecule has 0 radical (unpaired) electrons. The summed E-state index contributed by atoms with van der Waals surface area (Å²) in [6, 6.07) is 3.58. The van der Waals surface area contributed by atoms with Crippen LogP contribution < -0.4 is 5.73 Å². The first-order valence-corrected chi connectivity index (χ1v) is 3.68. The van der Waals surface area contributed by atoms with Crippen LogP contribution in [-0.2, 0) is 0 Å². The first-order chi connectivity index (χ1) is 4.33. The van der Waals surface area contributed by atoms with Gasteiger partial charge in [-0.05, 0) is 18.4 Å². The molecule has 0 saturated carbocycles. The van der Waals surface area contributed by atoms with E-state index < -0.39 is 0 Å². The zero-order valence-corrected chi connectivity index (χ0v) is 5.85. The standard InChI is InChI=1S/C5H7N3S/c1-9-5-3-2-4(6)7-8-5/h2-3H,1H3,(H2,6,7). The summed E-state index contributed by atoms with van der Waals surface area (Å²) in [7, 11) is 0. The number of aromatic nitrogens is 2. The molecular formula is C5H7N3S. The molecule has 1 aromatic heterocycles. The van der Waals surface area contributed by atoms with Gasteiger partial charge < -0.3 is 5.73 Å². The van der Waals surface area contributed by atoms with Gasteiger partial charge in [-0.25, -0.2) is 0 Å². The monoisotopic (exact) mass is 141 g/mol. The molecule has 0 spiro atoms. The number of nitrogens with two attached hydrogens (primary N) is 1. The van der Waals surface area contributed by atoms with E-state index in [-0.39, 0.29) is 0 Å². The van der Waals surface area contributed by atoms with Gasteiger partial charge in [-0.2, -0.15) is 0 Å². The largest absolute Gasteiger partial charge is 0.382 e. The van der Waals surface area contributed by atoms with Crippen molar-refractivity contribution >= 4 is 17.6 Å². The minimum Gasteiger partial charge on any atom is -0.382 e. The lowest BCUT2D eigenvalue weighted by atomic mass is 10.5. The fraction of sp³-hybridized carbons (Fsp3) is 0.200. The Morgan fingerprint density at radius 1 is 1.44 bits per heavy atom. The second-order valence-electron chi connectivity index (χ2n) is 1.50. The van der Waals surface area contributed by atoms with E-state index in [0.717, 1.165) is 5.03 Å². The van der Waals surface area contributed by atoms with Gasteiger partial charge in [-0.3, -0.25) is 0 Å². The van der Waals surface area contributed by atoms with Crippen molar-refractivity contribution in [1.29, 1.82) is 0 Å². The summed E-state index contributed by atoms with van der Waals surface area (Å²) in [5.74, 6) is 0.466. The molecule has 4 heteroatoms. The normalized spacial score (nSPS) is 9.44. The van der Waals surface area contributed by atoms with Gasteiger partial charge in [0.25, 0.3) is 0 Å². The third-order valence-corrected chi connectivity index (χ3v) is 1.51. The number of hydrogen-bond acceptors (Lipinski definition) is 4. The van der Waals surface area contributed by atoms with Gasteiger partial charge in [0.15, 0.2) is 0 Å². The predicted octanol–water partition coefficient (Wildman–Crippen LogP) is 0.781. The average Bonchev–Trinajstić information content (AvgIpc) is 1.90. The molecule has 0 fully saturated rings. The van der Waals surface area contributed by atoms with Crippen molar-refractivity contribution in [2.24, 2.45) is 0 Å². The van der Waals surface area contributed by atoms with Crippen molar-refractivity contribution < 1.29 is 0 Å². The number of hydrogen-bond donors (Lipinski definition) is 1. The minimum atomic E-state index is 0.466. The minimum absolute atomic E-state index is 0.466. The van der Waals surface area contributed by atoms with Gasteiger partial charge in [-0.1, -0.05) is 0 Å². The molecule has 1 heterocycles. The fourth-order valence-corrected chi connectivity index (χ4v) is 0.766. The zero-order valence-electron chi connectivity index (χ0n) is 5.03. The third-order valence-electron chi connectivity index (χ3n) is 0.870. The maximum atomic E-state index is 5.30.